The van der Waals surface area contributed by atoms with Crippen molar-refractivity contribution in [3.8, 4) is 0 Å². The van der Waals surface area contributed by atoms with E-state index in [9.17, 15) is 14.4 Å². The number of hydrogen-bond donors (Lipinski definition) is 1. The quantitative estimate of drug-likeness (QED) is 0.706. The summed E-state index contributed by atoms with van der Waals surface area (Å²) in [6.45, 7) is 3.77. The van der Waals surface area contributed by atoms with Crippen LogP contribution in [0.3, 0.4) is 0 Å². The minimum atomic E-state index is -0.573. The van der Waals surface area contributed by atoms with E-state index in [1.807, 2.05) is 22.4 Å². The van der Waals surface area contributed by atoms with Crippen LogP contribution in [0.2, 0.25) is 0 Å². The number of rotatable bonds is 3. The van der Waals surface area contributed by atoms with Crippen LogP contribution in [-0.2, 0) is 20.8 Å². The molecular formula is C24H25N5O3S. The maximum Gasteiger partial charge on any atom is 0.246 e. The van der Waals surface area contributed by atoms with Gasteiger partial charge in [-0.1, -0.05) is 5.57 Å². The topological polar surface area (TPSA) is 95.5 Å². The molecule has 2 aromatic rings. The lowest BCUT2D eigenvalue weighted by Crippen LogP contribution is -2.65. The van der Waals surface area contributed by atoms with Gasteiger partial charge in [0.25, 0.3) is 0 Å². The second-order valence-corrected chi connectivity index (χ2v) is 9.61. The van der Waals surface area contributed by atoms with Crippen molar-refractivity contribution in [1.82, 2.24) is 19.2 Å². The van der Waals surface area contributed by atoms with Crippen LogP contribution in [0.5, 0.6) is 0 Å². The maximum absolute atomic E-state index is 12.7. The third-order valence-corrected chi connectivity index (χ3v) is 7.18. The molecule has 1 spiro atoms. The SMILES string of the molecule is CC(=O)N1CC2(Cc3cc(/C=C/C(=O)N4CCC(=Cc5ccsn5)CC4)cnc3NC2=O)C1. The minimum Gasteiger partial charge on any atom is -0.341 e. The van der Waals surface area contributed by atoms with Crippen LogP contribution in [0.4, 0.5) is 5.82 Å². The number of amides is 3. The number of carbonyl (C=O) groups excluding carboxylic acids is 3. The van der Waals surface area contributed by atoms with Gasteiger partial charge in [0.05, 0.1) is 11.1 Å². The van der Waals surface area contributed by atoms with Crippen LogP contribution in [0.25, 0.3) is 12.2 Å². The van der Waals surface area contributed by atoms with Crippen LogP contribution in [0, 0.1) is 5.41 Å². The maximum atomic E-state index is 12.7. The van der Waals surface area contributed by atoms with Gasteiger partial charge in [-0.3, -0.25) is 14.4 Å². The standard InChI is InChI=1S/C24H25N5O3S/c1-16(30)29-14-24(15-29)12-19-10-18(13-25-22(19)26-23(24)32)2-3-21(31)28-7-4-17(5-8-28)11-20-6-9-33-27-20/h2-3,6,9-11,13H,4-5,7-8,12,14-15H2,1H3,(H,25,26,32)/b3-2+. The third-order valence-electron chi connectivity index (χ3n) is 6.61. The first-order valence-electron chi connectivity index (χ1n) is 11.0. The van der Waals surface area contributed by atoms with Crippen LogP contribution < -0.4 is 5.32 Å². The van der Waals surface area contributed by atoms with E-state index >= 15 is 0 Å². The summed E-state index contributed by atoms with van der Waals surface area (Å²) in [6.07, 6.45) is 9.41. The number of nitrogens with one attached hydrogen (secondary N) is 1. The Kier molecular flexibility index (Phi) is 5.57. The summed E-state index contributed by atoms with van der Waals surface area (Å²) in [4.78, 5) is 44.7. The largest absolute Gasteiger partial charge is 0.341 e. The predicted molar refractivity (Wildman–Crippen MR) is 126 cm³/mol. The van der Waals surface area contributed by atoms with Crippen molar-refractivity contribution in [3.63, 3.8) is 0 Å². The summed E-state index contributed by atoms with van der Waals surface area (Å²) in [5.41, 5.74) is 3.49. The van der Waals surface area contributed by atoms with Crippen LogP contribution in [-0.4, -0.2) is 63.1 Å². The molecule has 8 nitrogen and oxygen atoms in total. The molecule has 3 aliphatic rings. The molecule has 2 saturated heterocycles. The molecule has 3 amide bonds. The molecule has 0 atom stereocenters. The van der Waals surface area contributed by atoms with E-state index in [0.29, 0.717) is 38.4 Å². The molecule has 2 fully saturated rings. The second-order valence-electron chi connectivity index (χ2n) is 8.95. The van der Waals surface area contributed by atoms with Gasteiger partial charge in [0.15, 0.2) is 0 Å². The summed E-state index contributed by atoms with van der Waals surface area (Å²) < 4.78 is 4.32. The van der Waals surface area contributed by atoms with Gasteiger partial charge >= 0.3 is 0 Å². The highest BCUT2D eigenvalue weighted by atomic mass is 32.1. The number of pyridine rings is 1. The number of aromatic nitrogens is 2. The lowest BCUT2D eigenvalue weighted by Gasteiger charge is -2.50. The molecule has 0 bridgehead atoms. The van der Waals surface area contributed by atoms with Crippen molar-refractivity contribution in [3.05, 3.63) is 52.2 Å². The Morgan fingerprint density at radius 3 is 2.70 bits per heavy atom. The summed E-state index contributed by atoms with van der Waals surface area (Å²) >= 11 is 1.44. The Morgan fingerprint density at radius 1 is 1.21 bits per heavy atom. The first-order valence-corrected chi connectivity index (χ1v) is 11.9. The summed E-state index contributed by atoms with van der Waals surface area (Å²) in [7, 11) is 0. The van der Waals surface area contributed by atoms with Gasteiger partial charge in [-0.15, -0.1) is 0 Å². The zero-order chi connectivity index (χ0) is 23.0. The molecular weight excluding hydrogens is 438 g/mol. The number of nitrogens with zero attached hydrogens (tertiary/aromatic N) is 4. The van der Waals surface area contributed by atoms with Gasteiger partial charge in [-0.2, -0.15) is 4.37 Å². The summed E-state index contributed by atoms with van der Waals surface area (Å²) in [6, 6.07) is 3.97. The molecule has 5 heterocycles. The molecule has 0 aromatic carbocycles. The van der Waals surface area contributed by atoms with E-state index in [0.717, 1.165) is 29.7 Å². The van der Waals surface area contributed by atoms with Gasteiger partial charge in [-0.05, 0) is 66.2 Å². The van der Waals surface area contributed by atoms with E-state index in [4.69, 9.17) is 0 Å². The zero-order valence-corrected chi connectivity index (χ0v) is 19.2. The van der Waals surface area contributed by atoms with Gasteiger partial charge in [0.2, 0.25) is 17.7 Å². The van der Waals surface area contributed by atoms with Gasteiger partial charge < -0.3 is 15.1 Å². The fraction of sp³-hybridized carbons (Fsp3) is 0.375. The lowest BCUT2D eigenvalue weighted by molar-refractivity contribution is -0.149. The van der Waals surface area contributed by atoms with Crippen LogP contribution >= 0.6 is 11.5 Å². The first kappa shape index (κ1) is 21.5. The van der Waals surface area contributed by atoms with Gasteiger partial charge in [-0.25, -0.2) is 4.98 Å². The van der Waals surface area contributed by atoms with Crippen molar-refractivity contribution in [1.29, 1.82) is 0 Å². The zero-order valence-electron chi connectivity index (χ0n) is 18.4. The fourth-order valence-electron chi connectivity index (χ4n) is 4.65. The smallest absolute Gasteiger partial charge is 0.246 e. The molecule has 1 N–H and O–H groups in total. The molecule has 2 aromatic heterocycles. The van der Waals surface area contributed by atoms with E-state index < -0.39 is 5.41 Å². The molecule has 0 saturated carbocycles. The normalized spacial score (nSPS) is 19.3. The van der Waals surface area contributed by atoms with Crippen molar-refractivity contribution in [2.75, 3.05) is 31.5 Å². The lowest BCUT2D eigenvalue weighted by atomic mass is 9.72. The highest BCUT2D eigenvalue weighted by molar-refractivity contribution is 7.03. The molecule has 0 aliphatic carbocycles. The highest BCUT2D eigenvalue weighted by Crippen LogP contribution is 2.40. The Bertz CT molecular complexity index is 1150. The van der Waals surface area contributed by atoms with Crippen LogP contribution in [0.1, 0.15) is 36.6 Å². The number of likely N-dealkylation sites (tertiary alicyclic amines) is 2. The number of anilines is 1. The average Bonchev–Trinajstić information content (AvgIpc) is 3.29. The van der Waals surface area contributed by atoms with Gasteiger partial charge in [0.1, 0.15) is 5.82 Å². The Labute approximate surface area is 196 Å². The Hall–Kier alpha value is -3.33. The number of carbonyl (C=O) groups is 3. The molecule has 0 unspecified atom stereocenters. The molecule has 3 aliphatic heterocycles. The van der Waals surface area contributed by atoms with Crippen molar-refractivity contribution in [2.45, 2.75) is 26.2 Å². The number of piperidine rings is 1. The Morgan fingerprint density at radius 2 is 2.00 bits per heavy atom. The Balaban J connectivity index is 1.21. The molecule has 33 heavy (non-hydrogen) atoms. The summed E-state index contributed by atoms with van der Waals surface area (Å²) in [5.74, 6) is 0.454. The highest BCUT2D eigenvalue weighted by Gasteiger charge is 2.52. The van der Waals surface area contributed by atoms with Crippen molar-refractivity contribution in [2.24, 2.45) is 5.41 Å². The predicted octanol–water partition coefficient (Wildman–Crippen LogP) is 2.60. The average molecular weight is 464 g/mol. The summed E-state index contributed by atoms with van der Waals surface area (Å²) in [5, 5.41) is 4.84. The van der Waals surface area contributed by atoms with E-state index in [2.05, 4.69) is 20.8 Å². The van der Waals surface area contributed by atoms with Crippen molar-refractivity contribution >= 4 is 47.2 Å². The van der Waals surface area contributed by atoms with Gasteiger partial charge in [0, 0.05) is 50.8 Å². The van der Waals surface area contributed by atoms with Crippen LogP contribution in [0.15, 0.2) is 35.4 Å². The number of fused-ring (bicyclic) bond motifs is 1. The fourth-order valence-corrected chi connectivity index (χ4v) is 5.15. The van der Waals surface area contributed by atoms with E-state index in [1.165, 1.54) is 24.0 Å². The third kappa shape index (κ3) is 4.32. The van der Waals surface area contributed by atoms with E-state index in [-0.39, 0.29) is 17.7 Å². The molecule has 5 rings (SSSR count). The second kappa shape index (κ2) is 8.55. The van der Waals surface area contributed by atoms with Crippen molar-refractivity contribution < 1.29 is 14.4 Å². The monoisotopic (exact) mass is 463 g/mol. The molecule has 170 valence electrons. The number of hydrogen-bond acceptors (Lipinski definition) is 6. The van der Waals surface area contributed by atoms with E-state index in [1.54, 1.807) is 23.2 Å². The first-order chi connectivity index (χ1) is 15.9. The molecule has 9 heteroatoms. The molecule has 0 radical (unpaired) electrons. The minimum absolute atomic E-state index is 0.0127.